The van der Waals surface area contributed by atoms with Crippen LogP contribution in [-0.2, 0) is 25.5 Å². The second-order valence-corrected chi connectivity index (χ2v) is 8.33. The summed E-state index contributed by atoms with van der Waals surface area (Å²) in [7, 11) is -3.51. The Morgan fingerprint density at radius 2 is 2.07 bits per heavy atom. The lowest BCUT2D eigenvalue weighted by molar-refractivity contribution is 0.122. The van der Waals surface area contributed by atoms with Crippen LogP contribution >= 0.6 is 0 Å². The SMILES string of the molecule is Cc1cccc(/C=N/Nc2cc(N3CCOCC3)nc(CCOS(C)(=O)=O)n2)c1. The highest BCUT2D eigenvalue weighted by Gasteiger charge is 2.15. The molecule has 1 saturated heterocycles. The molecule has 156 valence electrons. The van der Waals surface area contributed by atoms with Crippen LogP contribution in [0.4, 0.5) is 11.6 Å². The minimum Gasteiger partial charge on any atom is -0.378 e. The van der Waals surface area contributed by atoms with Gasteiger partial charge in [-0.1, -0.05) is 29.8 Å². The molecule has 1 aliphatic heterocycles. The lowest BCUT2D eigenvalue weighted by Crippen LogP contribution is -2.37. The number of anilines is 2. The maximum absolute atomic E-state index is 11.2. The van der Waals surface area contributed by atoms with Gasteiger partial charge in [0.25, 0.3) is 10.1 Å². The van der Waals surface area contributed by atoms with Crippen molar-refractivity contribution in [2.24, 2.45) is 5.10 Å². The van der Waals surface area contributed by atoms with Gasteiger partial charge in [-0.2, -0.15) is 13.5 Å². The molecule has 0 bridgehead atoms. The molecule has 0 aliphatic carbocycles. The van der Waals surface area contributed by atoms with Crippen LogP contribution < -0.4 is 10.3 Å². The predicted octanol–water partition coefficient (Wildman–Crippen LogP) is 1.59. The van der Waals surface area contributed by atoms with E-state index in [1.165, 1.54) is 0 Å². The second-order valence-electron chi connectivity index (χ2n) is 6.69. The van der Waals surface area contributed by atoms with E-state index >= 15 is 0 Å². The summed E-state index contributed by atoms with van der Waals surface area (Å²) in [5.41, 5.74) is 5.07. The van der Waals surface area contributed by atoms with Crippen LogP contribution in [0.2, 0.25) is 0 Å². The smallest absolute Gasteiger partial charge is 0.264 e. The molecule has 1 aliphatic rings. The zero-order valence-corrected chi connectivity index (χ0v) is 17.4. The lowest BCUT2D eigenvalue weighted by atomic mass is 10.2. The number of nitrogens with zero attached hydrogens (tertiary/aromatic N) is 4. The second kappa shape index (κ2) is 9.77. The first-order valence-electron chi connectivity index (χ1n) is 9.30. The van der Waals surface area contributed by atoms with Crippen molar-refractivity contribution in [1.82, 2.24) is 9.97 Å². The fraction of sp³-hybridized carbons (Fsp3) is 0.421. The number of rotatable bonds is 8. The molecule has 0 radical (unpaired) electrons. The van der Waals surface area contributed by atoms with Crippen LogP contribution in [-0.4, -0.2) is 63.8 Å². The van der Waals surface area contributed by atoms with Gasteiger partial charge in [-0.05, 0) is 12.5 Å². The molecule has 10 heteroatoms. The van der Waals surface area contributed by atoms with Crippen molar-refractivity contribution in [2.75, 3.05) is 49.5 Å². The fourth-order valence-corrected chi connectivity index (χ4v) is 3.20. The zero-order chi connectivity index (χ0) is 20.7. The summed E-state index contributed by atoms with van der Waals surface area (Å²) < 4.78 is 32.6. The first-order valence-corrected chi connectivity index (χ1v) is 11.1. The van der Waals surface area contributed by atoms with Gasteiger partial charge in [0, 0.05) is 25.6 Å². The van der Waals surface area contributed by atoms with Crippen molar-refractivity contribution >= 4 is 28.0 Å². The van der Waals surface area contributed by atoms with Crippen molar-refractivity contribution < 1.29 is 17.3 Å². The Kier molecular flexibility index (Phi) is 7.13. The third kappa shape index (κ3) is 7.08. The minimum absolute atomic E-state index is 0.0165. The van der Waals surface area contributed by atoms with Gasteiger partial charge in [0.1, 0.15) is 11.6 Å². The maximum Gasteiger partial charge on any atom is 0.264 e. The Labute approximate surface area is 170 Å². The van der Waals surface area contributed by atoms with E-state index in [1.807, 2.05) is 37.3 Å². The third-order valence-corrected chi connectivity index (χ3v) is 4.75. The van der Waals surface area contributed by atoms with E-state index < -0.39 is 10.1 Å². The Bertz CT molecular complexity index is 959. The van der Waals surface area contributed by atoms with Gasteiger partial charge in [-0.3, -0.25) is 9.61 Å². The average molecular weight is 420 g/mol. The summed E-state index contributed by atoms with van der Waals surface area (Å²) in [6.45, 7) is 4.71. The summed E-state index contributed by atoms with van der Waals surface area (Å²) in [4.78, 5) is 11.1. The van der Waals surface area contributed by atoms with E-state index in [-0.39, 0.29) is 13.0 Å². The number of hydrazone groups is 1. The van der Waals surface area contributed by atoms with Gasteiger partial charge in [0.2, 0.25) is 0 Å². The normalized spacial score (nSPS) is 15.0. The van der Waals surface area contributed by atoms with Crippen LogP contribution in [0.15, 0.2) is 35.4 Å². The van der Waals surface area contributed by atoms with E-state index in [0.29, 0.717) is 24.9 Å². The van der Waals surface area contributed by atoms with Crippen LogP contribution in [0.3, 0.4) is 0 Å². The number of benzene rings is 1. The predicted molar refractivity (Wildman–Crippen MR) is 112 cm³/mol. The molecule has 1 aromatic carbocycles. The Morgan fingerprint density at radius 1 is 1.28 bits per heavy atom. The molecule has 0 saturated carbocycles. The highest BCUT2D eigenvalue weighted by Crippen LogP contribution is 2.18. The molecule has 0 atom stereocenters. The molecule has 29 heavy (non-hydrogen) atoms. The number of aromatic nitrogens is 2. The summed E-state index contributed by atoms with van der Waals surface area (Å²) in [5.74, 6) is 1.75. The summed E-state index contributed by atoms with van der Waals surface area (Å²) >= 11 is 0. The Balaban J connectivity index is 1.75. The van der Waals surface area contributed by atoms with Crippen molar-refractivity contribution in [2.45, 2.75) is 13.3 Å². The molecule has 1 fully saturated rings. The fourth-order valence-electron chi connectivity index (χ4n) is 2.81. The topological polar surface area (TPSA) is 106 Å². The maximum atomic E-state index is 11.2. The number of aryl methyl sites for hydroxylation is 1. The summed E-state index contributed by atoms with van der Waals surface area (Å²) in [6, 6.07) is 9.80. The first-order chi connectivity index (χ1) is 13.9. The molecular formula is C19H25N5O4S. The number of hydrogen-bond acceptors (Lipinski definition) is 9. The van der Waals surface area contributed by atoms with Crippen LogP contribution in [0, 0.1) is 6.92 Å². The van der Waals surface area contributed by atoms with E-state index in [0.717, 1.165) is 36.3 Å². The van der Waals surface area contributed by atoms with Gasteiger partial charge in [0.05, 0.1) is 32.3 Å². The number of hydrogen-bond donors (Lipinski definition) is 1. The van der Waals surface area contributed by atoms with Gasteiger partial charge in [-0.15, -0.1) is 0 Å². The van der Waals surface area contributed by atoms with Crippen molar-refractivity contribution in [3.63, 3.8) is 0 Å². The standard InChI is InChI=1S/C19H25N5O4S/c1-15-4-3-5-16(12-15)14-20-23-18-13-19(24-7-10-27-11-8-24)22-17(21-18)6-9-28-29(2,25)26/h3-5,12-14H,6-11H2,1-2H3,(H,21,22,23)/b20-14+. The molecule has 0 amide bonds. The Hall–Kier alpha value is -2.56. The quantitative estimate of drug-likeness (QED) is 0.391. The van der Waals surface area contributed by atoms with E-state index in [2.05, 4.69) is 25.4 Å². The van der Waals surface area contributed by atoms with E-state index in [1.54, 1.807) is 6.21 Å². The highest BCUT2D eigenvalue weighted by molar-refractivity contribution is 7.85. The molecule has 0 unspecified atom stereocenters. The van der Waals surface area contributed by atoms with Crippen molar-refractivity contribution in [3.8, 4) is 0 Å². The molecule has 0 spiro atoms. The molecule has 1 aromatic heterocycles. The number of morpholine rings is 1. The number of ether oxygens (including phenoxy) is 1. The van der Waals surface area contributed by atoms with E-state index in [9.17, 15) is 8.42 Å². The summed E-state index contributed by atoms with van der Waals surface area (Å²) in [6.07, 6.45) is 3.00. The van der Waals surface area contributed by atoms with Crippen molar-refractivity contribution in [1.29, 1.82) is 0 Å². The Morgan fingerprint density at radius 3 is 2.79 bits per heavy atom. The highest BCUT2D eigenvalue weighted by atomic mass is 32.2. The van der Waals surface area contributed by atoms with Crippen LogP contribution in [0.5, 0.6) is 0 Å². The zero-order valence-electron chi connectivity index (χ0n) is 16.5. The van der Waals surface area contributed by atoms with Crippen LogP contribution in [0.25, 0.3) is 0 Å². The molecular weight excluding hydrogens is 394 g/mol. The largest absolute Gasteiger partial charge is 0.378 e. The molecule has 9 nitrogen and oxygen atoms in total. The minimum atomic E-state index is -3.51. The molecule has 2 aromatic rings. The lowest BCUT2D eigenvalue weighted by Gasteiger charge is -2.28. The molecule has 3 rings (SSSR count). The molecule has 2 heterocycles. The monoisotopic (exact) mass is 419 g/mol. The van der Waals surface area contributed by atoms with E-state index in [4.69, 9.17) is 8.92 Å². The number of nitrogens with one attached hydrogen (secondary N) is 1. The average Bonchev–Trinajstić information content (AvgIpc) is 2.68. The van der Waals surface area contributed by atoms with Gasteiger partial charge in [0.15, 0.2) is 5.82 Å². The first kappa shape index (κ1) is 21.2. The van der Waals surface area contributed by atoms with Crippen molar-refractivity contribution in [3.05, 3.63) is 47.3 Å². The van der Waals surface area contributed by atoms with Gasteiger partial charge < -0.3 is 9.64 Å². The van der Waals surface area contributed by atoms with Crippen LogP contribution in [0.1, 0.15) is 17.0 Å². The third-order valence-electron chi connectivity index (χ3n) is 4.15. The van der Waals surface area contributed by atoms with Gasteiger partial charge in [-0.25, -0.2) is 9.97 Å². The molecule has 1 N–H and O–H groups in total. The van der Waals surface area contributed by atoms with Gasteiger partial charge >= 0.3 is 0 Å². The summed E-state index contributed by atoms with van der Waals surface area (Å²) in [5, 5.41) is 4.26.